The molecule has 2 aromatic carbocycles. The normalized spacial score (nSPS) is 15.5. The highest BCUT2D eigenvalue weighted by Crippen LogP contribution is 2.31. The van der Waals surface area contributed by atoms with Crippen LogP contribution in [0.15, 0.2) is 53.4 Å². The molecule has 0 aliphatic carbocycles. The number of nitrogens with zero attached hydrogens (tertiary/aromatic N) is 1. The SMILES string of the molecule is COc1ccc(/C=C2/SC(=S)N(NC(=O)c3ccc(C)cc3)C2=O)cc1. The number of nitrogens with one attached hydrogen (secondary N) is 1. The predicted molar refractivity (Wildman–Crippen MR) is 107 cm³/mol. The Kier molecular flexibility index (Phi) is 5.39. The maximum Gasteiger partial charge on any atom is 0.285 e. The zero-order chi connectivity index (χ0) is 18.7. The van der Waals surface area contributed by atoms with Crippen LogP contribution >= 0.6 is 24.0 Å². The Bertz CT molecular complexity index is 890. The molecule has 1 fully saturated rings. The van der Waals surface area contributed by atoms with E-state index in [2.05, 4.69) is 5.43 Å². The van der Waals surface area contributed by atoms with Gasteiger partial charge in [0.05, 0.1) is 12.0 Å². The lowest BCUT2D eigenvalue weighted by Gasteiger charge is -2.15. The van der Waals surface area contributed by atoms with Gasteiger partial charge in [-0.3, -0.25) is 15.0 Å². The molecule has 0 bridgehead atoms. The molecule has 1 aliphatic rings. The third-order valence-electron chi connectivity index (χ3n) is 3.73. The van der Waals surface area contributed by atoms with E-state index in [4.69, 9.17) is 17.0 Å². The number of thiocarbonyl (C=S) groups is 1. The first-order chi connectivity index (χ1) is 12.5. The molecule has 132 valence electrons. The second kappa shape index (κ2) is 7.72. The molecule has 0 unspecified atom stereocenters. The van der Waals surface area contributed by atoms with Crippen molar-refractivity contribution < 1.29 is 14.3 Å². The Hall–Kier alpha value is -2.64. The van der Waals surface area contributed by atoms with Crippen LogP contribution in [0.25, 0.3) is 6.08 Å². The van der Waals surface area contributed by atoms with E-state index in [9.17, 15) is 9.59 Å². The third kappa shape index (κ3) is 3.95. The summed E-state index contributed by atoms with van der Waals surface area (Å²) >= 11 is 6.38. The van der Waals surface area contributed by atoms with Crippen LogP contribution in [0.2, 0.25) is 0 Å². The number of hydrogen-bond donors (Lipinski definition) is 1. The minimum atomic E-state index is -0.382. The van der Waals surface area contributed by atoms with E-state index in [0.717, 1.165) is 33.6 Å². The number of methoxy groups -OCH3 is 1. The Morgan fingerprint density at radius 3 is 2.42 bits per heavy atom. The van der Waals surface area contributed by atoms with E-state index in [1.54, 1.807) is 25.3 Å². The second-order valence-corrected chi connectivity index (χ2v) is 7.27. The lowest BCUT2D eigenvalue weighted by atomic mass is 10.1. The lowest BCUT2D eigenvalue weighted by Crippen LogP contribution is -2.44. The van der Waals surface area contributed by atoms with Crippen LogP contribution in [0.4, 0.5) is 0 Å². The summed E-state index contributed by atoms with van der Waals surface area (Å²) in [6.07, 6.45) is 1.73. The minimum Gasteiger partial charge on any atom is -0.497 e. The molecule has 0 atom stereocenters. The van der Waals surface area contributed by atoms with Gasteiger partial charge in [0.25, 0.3) is 11.8 Å². The zero-order valence-corrected chi connectivity index (χ0v) is 15.8. The van der Waals surface area contributed by atoms with Crippen molar-refractivity contribution in [3.05, 3.63) is 70.1 Å². The van der Waals surface area contributed by atoms with Crippen LogP contribution in [0, 0.1) is 6.92 Å². The van der Waals surface area contributed by atoms with Crippen molar-refractivity contribution in [2.45, 2.75) is 6.92 Å². The van der Waals surface area contributed by atoms with Gasteiger partial charge in [0, 0.05) is 5.56 Å². The van der Waals surface area contributed by atoms with Crippen molar-refractivity contribution >= 4 is 46.2 Å². The van der Waals surface area contributed by atoms with Crippen molar-refractivity contribution in [3.63, 3.8) is 0 Å². The van der Waals surface area contributed by atoms with Crippen molar-refractivity contribution in [2.24, 2.45) is 0 Å². The first kappa shape index (κ1) is 18.2. The highest BCUT2D eigenvalue weighted by Gasteiger charge is 2.33. The summed E-state index contributed by atoms with van der Waals surface area (Å²) in [7, 11) is 1.59. The Morgan fingerprint density at radius 2 is 1.81 bits per heavy atom. The summed E-state index contributed by atoms with van der Waals surface area (Å²) < 4.78 is 5.41. The predicted octanol–water partition coefficient (Wildman–Crippen LogP) is 3.55. The van der Waals surface area contributed by atoms with Crippen LogP contribution in [0.5, 0.6) is 5.75 Å². The number of ether oxygens (including phenoxy) is 1. The minimum absolute atomic E-state index is 0.287. The van der Waals surface area contributed by atoms with E-state index in [0.29, 0.717) is 10.5 Å². The topological polar surface area (TPSA) is 58.6 Å². The van der Waals surface area contributed by atoms with Gasteiger partial charge in [-0.05, 0) is 55.0 Å². The van der Waals surface area contributed by atoms with Crippen LogP contribution in [0.3, 0.4) is 0 Å². The number of amides is 2. The molecular formula is C19H16N2O3S2. The monoisotopic (exact) mass is 384 g/mol. The molecule has 1 heterocycles. The summed E-state index contributed by atoms with van der Waals surface area (Å²) in [5.41, 5.74) is 4.93. The van der Waals surface area contributed by atoms with E-state index < -0.39 is 0 Å². The summed E-state index contributed by atoms with van der Waals surface area (Å²) in [4.78, 5) is 25.4. The molecule has 3 rings (SSSR count). The number of hydrogen-bond acceptors (Lipinski definition) is 5. The van der Waals surface area contributed by atoms with E-state index in [1.165, 1.54) is 0 Å². The molecule has 7 heteroatoms. The first-order valence-corrected chi connectivity index (χ1v) is 9.00. The van der Waals surface area contributed by atoms with Gasteiger partial charge < -0.3 is 4.74 Å². The molecule has 0 radical (unpaired) electrons. The largest absolute Gasteiger partial charge is 0.497 e. The number of benzene rings is 2. The molecule has 5 nitrogen and oxygen atoms in total. The van der Waals surface area contributed by atoms with Crippen molar-refractivity contribution in [1.29, 1.82) is 0 Å². The van der Waals surface area contributed by atoms with Gasteiger partial charge in [-0.25, -0.2) is 0 Å². The summed E-state index contributed by atoms with van der Waals surface area (Å²) in [5.74, 6) is 0.00309. The third-order valence-corrected chi connectivity index (χ3v) is 5.04. The Labute approximate surface area is 161 Å². The molecule has 0 spiro atoms. The summed E-state index contributed by atoms with van der Waals surface area (Å²) in [6.45, 7) is 1.94. The quantitative estimate of drug-likeness (QED) is 0.645. The van der Waals surface area contributed by atoms with Crippen molar-refractivity contribution in [1.82, 2.24) is 10.4 Å². The summed E-state index contributed by atoms with van der Waals surface area (Å²) in [5, 5.41) is 1.11. The highest BCUT2D eigenvalue weighted by atomic mass is 32.2. The van der Waals surface area contributed by atoms with E-state index >= 15 is 0 Å². The maximum absolute atomic E-state index is 12.6. The van der Waals surface area contributed by atoms with Gasteiger partial charge in [0.2, 0.25) is 0 Å². The molecular weight excluding hydrogens is 368 g/mol. The maximum atomic E-state index is 12.6. The number of thioether (sulfide) groups is 1. The Morgan fingerprint density at radius 1 is 1.15 bits per heavy atom. The van der Waals surface area contributed by atoms with Gasteiger partial charge in [-0.15, -0.1) is 0 Å². The number of carbonyl (C=O) groups is 2. The highest BCUT2D eigenvalue weighted by molar-refractivity contribution is 8.26. The van der Waals surface area contributed by atoms with Crippen molar-refractivity contribution in [2.75, 3.05) is 7.11 Å². The average molecular weight is 384 g/mol. The van der Waals surface area contributed by atoms with Crippen LogP contribution in [0.1, 0.15) is 21.5 Å². The number of rotatable bonds is 4. The Balaban J connectivity index is 1.74. The number of hydrazine groups is 1. The van der Waals surface area contributed by atoms with Gasteiger partial charge in [0.15, 0.2) is 4.32 Å². The number of carbonyl (C=O) groups excluding carboxylic acids is 2. The fourth-order valence-corrected chi connectivity index (χ4v) is 3.47. The van der Waals surface area contributed by atoms with Crippen LogP contribution in [-0.2, 0) is 4.79 Å². The fraction of sp³-hybridized carbons (Fsp3) is 0.105. The number of aryl methyl sites for hydroxylation is 1. The molecule has 1 aliphatic heterocycles. The molecule has 0 aromatic heterocycles. The molecule has 1 N–H and O–H groups in total. The molecule has 26 heavy (non-hydrogen) atoms. The zero-order valence-electron chi connectivity index (χ0n) is 14.2. The second-order valence-electron chi connectivity index (χ2n) is 5.60. The molecule has 2 aromatic rings. The smallest absolute Gasteiger partial charge is 0.285 e. The standard InChI is InChI=1S/C19H16N2O3S2/c1-12-3-7-14(8-4-12)17(22)20-21-18(23)16(26-19(21)25)11-13-5-9-15(24-2)10-6-13/h3-11H,1-2H3,(H,20,22)/b16-11+. The van der Waals surface area contributed by atoms with E-state index in [-0.39, 0.29) is 16.1 Å². The average Bonchev–Trinajstić information content (AvgIpc) is 2.90. The summed E-state index contributed by atoms with van der Waals surface area (Å²) in [6, 6.07) is 14.4. The van der Waals surface area contributed by atoms with Crippen LogP contribution in [-0.4, -0.2) is 28.3 Å². The lowest BCUT2D eigenvalue weighted by molar-refractivity contribution is -0.123. The molecule has 0 saturated carbocycles. The van der Waals surface area contributed by atoms with Gasteiger partial charge in [0.1, 0.15) is 5.75 Å². The van der Waals surface area contributed by atoms with Gasteiger partial charge in [-0.2, -0.15) is 5.01 Å². The van der Waals surface area contributed by atoms with Gasteiger partial charge >= 0.3 is 0 Å². The first-order valence-electron chi connectivity index (χ1n) is 7.77. The fourth-order valence-electron chi connectivity index (χ4n) is 2.29. The van der Waals surface area contributed by atoms with Gasteiger partial charge in [-0.1, -0.05) is 41.6 Å². The molecule has 2 amide bonds. The van der Waals surface area contributed by atoms with Crippen LogP contribution < -0.4 is 10.2 Å². The van der Waals surface area contributed by atoms with Crippen molar-refractivity contribution in [3.8, 4) is 5.75 Å². The van der Waals surface area contributed by atoms with E-state index in [1.807, 2.05) is 43.3 Å². The molecule has 1 saturated heterocycles.